The summed E-state index contributed by atoms with van der Waals surface area (Å²) in [5.41, 5.74) is 4.74. The predicted molar refractivity (Wildman–Crippen MR) is 135 cm³/mol. The number of anilines is 2. The first kappa shape index (κ1) is 21.7. The van der Waals surface area contributed by atoms with Crippen LogP contribution in [0.25, 0.3) is 33.4 Å². The highest BCUT2D eigenvalue weighted by molar-refractivity contribution is 5.99. The van der Waals surface area contributed by atoms with Gasteiger partial charge in [-0.15, -0.1) is 0 Å². The van der Waals surface area contributed by atoms with E-state index in [9.17, 15) is 13.6 Å². The zero-order valence-electron chi connectivity index (χ0n) is 19.5. The topological polar surface area (TPSA) is 103 Å². The predicted octanol–water partition coefficient (Wildman–Crippen LogP) is 5.24. The zero-order valence-corrected chi connectivity index (χ0v) is 19.5. The van der Waals surface area contributed by atoms with Gasteiger partial charge in [0, 0.05) is 52.6 Å². The second kappa shape index (κ2) is 7.95. The van der Waals surface area contributed by atoms with Gasteiger partial charge in [0.2, 0.25) is 0 Å². The Morgan fingerprint density at radius 3 is 2.62 bits per heavy atom. The normalized spacial score (nSPS) is 19.7. The number of halogens is 2. The molecule has 5 heterocycles. The fraction of sp³-hybridized carbons (Fsp3) is 0.185. The number of H-pyrrole nitrogens is 2. The minimum absolute atomic E-state index is 0.108. The summed E-state index contributed by atoms with van der Waals surface area (Å²) < 4.78 is 28.0. The van der Waals surface area contributed by atoms with Crippen LogP contribution in [0.3, 0.4) is 0 Å². The number of nitrogens with zero attached hydrogens (tertiary/aromatic N) is 4. The summed E-state index contributed by atoms with van der Waals surface area (Å²) in [4.78, 5) is 26.4. The number of fused-ring (bicyclic) bond motifs is 2. The Kier molecular flexibility index (Phi) is 4.66. The van der Waals surface area contributed by atoms with E-state index in [-0.39, 0.29) is 12.5 Å². The lowest BCUT2D eigenvalue weighted by Gasteiger charge is -2.35. The number of hydrogen-bond acceptors (Lipinski definition) is 5. The molecule has 2 atom stereocenters. The average Bonchev–Trinajstić information content (AvgIpc) is 3.71. The number of nitrogens with one attached hydrogen (secondary N) is 3. The zero-order chi connectivity index (χ0) is 25.1. The molecule has 8 rings (SSSR count). The first-order chi connectivity index (χ1) is 18.0. The summed E-state index contributed by atoms with van der Waals surface area (Å²) >= 11 is 0. The molecule has 2 aliphatic heterocycles. The number of carbonyl (C=O) groups excluding carboxylic acids is 1. The van der Waals surface area contributed by atoms with Crippen molar-refractivity contribution in [3.63, 3.8) is 0 Å². The summed E-state index contributed by atoms with van der Waals surface area (Å²) in [5, 5.41) is 10.9. The molecule has 2 unspecified atom stereocenters. The van der Waals surface area contributed by atoms with E-state index in [4.69, 9.17) is 0 Å². The third kappa shape index (κ3) is 3.55. The number of rotatable bonds is 5. The van der Waals surface area contributed by atoms with Crippen molar-refractivity contribution in [3.8, 4) is 22.5 Å². The lowest BCUT2D eigenvalue weighted by atomic mass is 9.81. The highest BCUT2D eigenvalue weighted by atomic mass is 19.3. The van der Waals surface area contributed by atoms with Crippen LogP contribution in [0.4, 0.5) is 20.3 Å². The molecule has 3 aliphatic rings. The lowest BCUT2D eigenvalue weighted by molar-refractivity contribution is -0.126. The first-order valence-electron chi connectivity index (χ1n) is 12.0. The fourth-order valence-electron chi connectivity index (χ4n) is 5.22. The summed E-state index contributed by atoms with van der Waals surface area (Å²) in [6.45, 7) is 0.108. The highest BCUT2D eigenvalue weighted by Gasteiger charge is 2.67. The molecule has 1 aliphatic carbocycles. The summed E-state index contributed by atoms with van der Waals surface area (Å²) in [7, 11) is 0. The third-order valence-corrected chi connectivity index (χ3v) is 7.31. The van der Waals surface area contributed by atoms with Crippen LogP contribution in [0, 0.1) is 5.92 Å². The maximum atomic E-state index is 14.0. The number of hydrogen-bond donors (Lipinski definition) is 3. The highest BCUT2D eigenvalue weighted by Crippen LogP contribution is 2.53. The molecular formula is C27H21F2N7O. The molecule has 3 aromatic heterocycles. The molecule has 2 bridgehead atoms. The van der Waals surface area contributed by atoms with Crippen LogP contribution in [-0.4, -0.2) is 54.5 Å². The number of alkyl halides is 2. The standard InChI is InChI=1S/C27H21F2N7O/c28-27(29)19-11-23(27)36(14-19)26(37)22-9-16-1-2-17(10-21(16)34-22)25-30-8-7-24(35-25)33-20-5-3-15(4-6-20)18-12-31-32-13-18/h1-10,12-13,19,23,34H,11,14H2,(H,31,32)(H,30,33,35). The molecule has 2 aromatic carbocycles. The van der Waals surface area contributed by atoms with Crippen molar-refractivity contribution in [1.82, 2.24) is 30.0 Å². The first-order valence-corrected chi connectivity index (χ1v) is 12.0. The molecule has 1 saturated carbocycles. The van der Waals surface area contributed by atoms with E-state index in [1.54, 1.807) is 24.5 Å². The Balaban J connectivity index is 1.11. The molecule has 0 radical (unpaired) electrons. The second-order valence-electron chi connectivity index (χ2n) is 9.52. The van der Waals surface area contributed by atoms with E-state index in [0.29, 0.717) is 23.8 Å². The molecule has 0 spiro atoms. The van der Waals surface area contributed by atoms with Crippen LogP contribution >= 0.6 is 0 Å². The fourth-order valence-corrected chi connectivity index (χ4v) is 5.22. The van der Waals surface area contributed by atoms with Gasteiger partial charge < -0.3 is 15.2 Å². The van der Waals surface area contributed by atoms with E-state index in [1.807, 2.05) is 48.7 Å². The van der Waals surface area contributed by atoms with Crippen molar-refractivity contribution in [2.24, 2.45) is 5.92 Å². The van der Waals surface area contributed by atoms with Crippen molar-refractivity contribution in [3.05, 3.63) is 78.9 Å². The monoisotopic (exact) mass is 497 g/mol. The Labute approximate surface area is 209 Å². The Bertz CT molecular complexity index is 1630. The number of aromatic nitrogens is 5. The van der Waals surface area contributed by atoms with Crippen LogP contribution in [0.1, 0.15) is 16.9 Å². The van der Waals surface area contributed by atoms with Gasteiger partial charge in [0.25, 0.3) is 11.8 Å². The van der Waals surface area contributed by atoms with E-state index < -0.39 is 17.9 Å². The molecule has 2 saturated heterocycles. The minimum atomic E-state index is -2.77. The lowest BCUT2D eigenvalue weighted by Crippen LogP contribution is -2.50. The summed E-state index contributed by atoms with van der Waals surface area (Å²) in [6.07, 6.45) is 5.66. The Hall–Kier alpha value is -4.60. The van der Waals surface area contributed by atoms with Crippen molar-refractivity contribution < 1.29 is 13.6 Å². The molecule has 184 valence electrons. The summed E-state index contributed by atoms with van der Waals surface area (Å²) in [5.74, 6) is -2.72. The van der Waals surface area contributed by atoms with Crippen LogP contribution in [0.15, 0.2) is 73.2 Å². The molecule has 3 N–H and O–H groups in total. The minimum Gasteiger partial charge on any atom is -0.351 e. The number of benzene rings is 2. The van der Waals surface area contributed by atoms with Crippen molar-refractivity contribution in [2.75, 3.05) is 11.9 Å². The quantitative estimate of drug-likeness (QED) is 0.308. The third-order valence-electron chi connectivity index (χ3n) is 7.31. The molecule has 5 aromatic rings. The maximum absolute atomic E-state index is 14.0. The van der Waals surface area contributed by atoms with Gasteiger partial charge in [-0.3, -0.25) is 9.89 Å². The van der Waals surface area contributed by atoms with Gasteiger partial charge in [0.1, 0.15) is 11.5 Å². The molecule has 10 heteroatoms. The van der Waals surface area contributed by atoms with Crippen LogP contribution in [0.5, 0.6) is 0 Å². The molecule has 37 heavy (non-hydrogen) atoms. The van der Waals surface area contributed by atoms with Gasteiger partial charge in [-0.2, -0.15) is 5.10 Å². The van der Waals surface area contributed by atoms with Crippen LogP contribution in [-0.2, 0) is 0 Å². The van der Waals surface area contributed by atoms with Crippen molar-refractivity contribution >= 4 is 28.3 Å². The van der Waals surface area contributed by atoms with Crippen molar-refractivity contribution in [2.45, 2.75) is 18.4 Å². The number of aromatic amines is 2. The van der Waals surface area contributed by atoms with E-state index >= 15 is 0 Å². The van der Waals surface area contributed by atoms with Gasteiger partial charge in [0.05, 0.1) is 12.2 Å². The SMILES string of the molecule is O=C(c1cc2ccc(-c3nccc(Nc4ccc(-c5cn[nH]c5)cc4)n3)cc2[nH]1)N1CC2CC1C2(F)F. The average molecular weight is 498 g/mol. The van der Waals surface area contributed by atoms with Gasteiger partial charge in [-0.1, -0.05) is 24.3 Å². The molecule has 3 fully saturated rings. The maximum Gasteiger partial charge on any atom is 0.272 e. The second-order valence-corrected chi connectivity index (χ2v) is 9.52. The summed E-state index contributed by atoms with van der Waals surface area (Å²) in [6, 6.07) is 16.1. The van der Waals surface area contributed by atoms with Gasteiger partial charge in [0.15, 0.2) is 5.82 Å². The Morgan fingerprint density at radius 2 is 1.89 bits per heavy atom. The largest absolute Gasteiger partial charge is 0.351 e. The van der Waals surface area contributed by atoms with Gasteiger partial charge in [-0.05, 0) is 42.3 Å². The molecular weight excluding hydrogens is 476 g/mol. The van der Waals surface area contributed by atoms with Gasteiger partial charge in [-0.25, -0.2) is 18.7 Å². The van der Waals surface area contributed by atoms with Crippen molar-refractivity contribution in [1.29, 1.82) is 0 Å². The van der Waals surface area contributed by atoms with E-state index in [0.717, 1.165) is 33.3 Å². The smallest absolute Gasteiger partial charge is 0.272 e. The number of carbonyl (C=O) groups is 1. The molecule has 1 amide bonds. The van der Waals surface area contributed by atoms with Crippen LogP contribution < -0.4 is 5.32 Å². The van der Waals surface area contributed by atoms with Gasteiger partial charge >= 0.3 is 0 Å². The van der Waals surface area contributed by atoms with E-state index in [1.165, 1.54) is 4.90 Å². The van der Waals surface area contributed by atoms with E-state index in [2.05, 4.69) is 30.5 Å². The number of amides is 1. The molecule has 8 nitrogen and oxygen atoms in total. The Morgan fingerprint density at radius 1 is 1.05 bits per heavy atom. The van der Waals surface area contributed by atoms with Crippen LogP contribution in [0.2, 0.25) is 0 Å².